The van der Waals surface area contributed by atoms with Gasteiger partial charge in [-0.2, -0.15) is 0 Å². The van der Waals surface area contributed by atoms with Crippen molar-refractivity contribution in [2.24, 2.45) is 5.92 Å². The lowest BCUT2D eigenvalue weighted by atomic mass is 9.75. The van der Waals surface area contributed by atoms with Crippen molar-refractivity contribution in [1.29, 1.82) is 0 Å². The first kappa shape index (κ1) is 17.9. The van der Waals surface area contributed by atoms with Crippen molar-refractivity contribution in [1.82, 2.24) is 5.32 Å². The summed E-state index contributed by atoms with van der Waals surface area (Å²) in [7, 11) is 0. The van der Waals surface area contributed by atoms with Crippen LogP contribution in [-0.2, 0) is 11.2 Å². The minimum absolute atomic E-state index is 0.0231. The molecule has 1 heterocycles. The minimum Gasteiger partial charge on any atom is -0.493 e. The number of aliphatic hydroxyl groups is 1. The summed E-state index contributed by atoms with van der Waals surface area (Å²) < 4.78 is 11.3. The molecule has 2 aromatic carbocycles. The summed E-state index contributed by atoms with van der Waals surface area (Å²) in [6.45, 7) is 2.64. The summed E-state index contributed by atoms with van der Waals surface area (Å²) in [6, 6.07) is 13.7. The van der Waals surface area contributed by atoms with E-state index in [-0.39, 0.29) is 30.6 Å². The SMILES string of the molecule is Cc1ccccc1OCC(=O)N[C@H](c1ccc2c(c1)CCO2)C1CC(O)C1. The van der Waals surface area contributed by atoms with Gasteiger partial charge in [0.25, 0.3) is 5.91 Å². The van der Waals surface area contributed by atoms with E-state index in [0.717, 1.165) is 29.0 Å². The Morgan fingerprint density at radius 3 is 2.89 bits per heavy atom. The van der Waals surface area contributed by atoms with Crippen LogP contribution in [0.4, 0.5) is 0 Å². The topological polar surface area (TPSA) is 67.8 Å². The Morgan fingerprint density at radius 2 is 2.11 bits per heavy atom. The third kappa shape index (κ3) is 3.93. The van der Waals surface area contributed by atoms with Gasteiger partial charge in [-0.05, 0) is 60.6 Å². The number of fused-ring (bicyclic) bond motifs is 1. The van der Waals surface area contributed by atoms with Crippen LogP contribution in [0.25, 0.3) is 0 Å². The summed E-state index contributed by atoms with van der Waals surface area (Å²) in [4.78, 5) is 12.5. The number of aliphatic hydroxyl groups excluding tert-OH is 1. The molecule has 0 aromatic heterocycles. The average molecular weight is 367 g/mol. The second-order valence-electron chi connectivity index (χ2n) is 7.45. The van der Waals surface area contributed by atoms with Crippen molar-refractivity contribution in [2.75, 3.05) is 13.2 Å². The van der Waals surface area contributed by atoms with Gasteiger partial charge in [-0.25, -0.2) is 0 Å². The van der Waals surface area contributed by atoms with Gasteiger partial charge in [0, 0.05) is 6.42 Å². The molecule has 1 aliphatic heterocycles. The van der Waals surface area contributed by atoms with E-state index >= 15 is 0 Å². The zero-order valence-electron chi connectivity index (χ0n) is 15.5. The van der Waals surface area contributed by atoms with Crippen LogP contribution in [0, 0.1) is 12.8 Å². The number of ether oxygens (including phenoxy) is 2. The van der Waals surface area contributed by atoms with E-state index < -0.39 is 0 Å². The summed E-state index contributed by atoms with van der Waals surface area (Å²) in [6.07, 6.45) is 2.04. The fourth-order valence-corrected chi connectivity index (χ4v) is 3.85. The number of benzene rings is 2. The Labute approximate surface area is 159 Å². The number of nitrogens with one attached hydrogen (secondary N) is 1. The maximum absolute atomic E-state index is 12.5. The highest BCUT2D eigenvalue weighted by atomic mass is 16.5. The summed E-state index contributed by atoms with van der Waals surface area (Å²) in [5.41, 5.74) is 3.26. The lowest BCUT2D eigenvalue weighted by Crippen LogP contribution is -2.42. The van der Waals surface area contributed by atoms with Crippen LogP contribution < -0.4 is 14.8 Å². The third-order valence-corrected chi connectivity index (χ3v) is 5.46. The zero-order valence-corrected chi connectivity index (χ0v) is 15.5. The largest absolute Gasteiger partial charge is 0.493 e. The van der Waals surface area contributed by atoms with Gasteiger partial charge >= 0.3 is 0 Å². The monoisotopic (exact) mass is 367 g/mol. The molecular weight excluding hydrogens is 342 g/mol. The van der Waals surface area contributed by atoms with E-state index in [2.05, 4.69) is 11.4 Å². The van der Waals surface area contributed by atoms with Gasteiger partial charge in [-0.15, -0.1) is 0 Å². The molecule has 5 heteroatoms. The maximum Gasteiger partial charge on any atom is 0.258 e. The second-order valence-corrected chi connectivity index (χ2v) is 7.45. The Hall–Kier alpha value is -2.53. The minimum atomic E-state index is -0.268. The smallest absolute Gasteiger partial charge is 0.258 e. The fourth-order valence-electron chi connectivity index (χ4n) is 3.85. The lowest BCUT2D eigenvalue weighted by molar-refractivity contribution is -0.125. The fraction of sp³-hybridized carbons (Fsp3) is 0.409. The number of para-hydroxylation sites is 1. The van der Waals surface area contributed by atoms with E-state index in [1.54, 1.807) is 0 Å². The van der Waals surface area contributed by atoms with Crippen LogP contribution in [-0.4, -0.2) is 30.3 Å². The molecule has 5 nitrogen and oxygen atoms in total. The highest BCUT2D eigenvalue weighted by Gasteiger charge is 2.36. The van der Waals surface area contributed by atoms with Crippen LogP contribution in [0.2, 0.25) is 0 Å². The first-order valence-electron chi connectivity index (χ1n) is 9.51. The number of aryl methyl sites for hydroxylation is 1. The molecule has 1 fully saturated rings. The Balaban J connectivity index is 1.45. The molecule has 2 aliphatic rings. The summed E-state index contributed by atoms with van der Waals surface area (Å²) in [5.74, 6) is 1.74. The highest BCUT2D eigenvalue weighted by molar-refractivity contribution is 5.78. The normalized spacial score (nSPS) is 21.6. The molecular formula is C22H25NO4. The van der Waals surface area contributed by atoms with Crippen LogP contribution in [0.5, 0.6) is 11.5 Å². The summed E-state index contributed by atoms with van der Waals surface area (Å²) >= 11 is 0. The molecule has 1 amide bonds. The third-order valence-electron chi connectivity index (χ3n) is 5.46. The van der Waals surface area contributed by atoms with Crippen LogP contribution >= 0.6 is 0 Å². The van der Waals surface area contributed by atoms with E-state index in [9.17, 15) is 9.90 Å². The molecule has 0 bridgehead atoms. The Bertz CT molecular complexity index is 829. The standard InChI is InChI=1S/C22H25NO4/c1-14-4-2-3-5-19(14)27-13-21(25)23-22(17-11-18(24)12-17)16-6-7-20-15(10-16)8-9-26-20/h2-7,10,17-18,22,24H,8-9,11-13H2,1H3,(H,23,25)/t17?,18?,22-/m1/s1. The van der Waals surface area contributed by atoms with E-state index in [1.807, 2.05) is 43.3 Å². The first-order valence-corrected chi connectivity index (χ1v) is 9.51. The van der Waals surface area contributed by atoms with Gasteiger partial charge in [0.1, 0.15) is 11.5 Å². The molecule has 1 aliphatic carbocycles. The number of hydrogen-bond donors (Lipinski definition) is 2. The number of carbonyl (C=O) groups is 1. The molecule has 142 valence electrons. The molecule has 0 radical (unpaired) electrons. The Morgan fingerprint density at radius 1 is 1.30 bits per heavy atom. The lowest BCUT2D eigenvalue weighted by Gasteiger charge is -2.38. The number of carbonyl (C=O) groups excluding carboxylic acids is 1. The molecule has 27 heavy (non-hydrogen) atoms. The highest BCUT2D eigenvalue weighted by Crippen LogP contribution is 2.39. The Kier molecular flexibility index (Phi) is 5.03. The van der Waals surface area contributed by atoms with Crippen molar-refractivity contribution >= 4 is 5.91 Å². The molecule has 0 spiro atoms. The van der Waals surface area contributed by atoms with Gasteiger partial charge < -0.3 is 19.9 Å². The molecule has 2 N–H and O–H groups in total. The quantitative estimate of drug-likeness (QED) is 0.824. The van der Waals surface area contributed by atoms with Gasteiger partial charge in [0.05, 0.1) is 18.8 Å². The predicted octanol–water partition coefficient (Wildman–Crippen LogP) is 2.94. The zero-order chi connectivity index (χ0) is 18.8. The maximum atomic E-state index is 12.5. The molecule has 2 aromatic rings. The van der Waals surface area contributed by atoms with Gasteiger partial charge in [-0.3, -0.25) is 4.79 Å². The van der Waals surface area contributed by atoms with Crippen LogP contribution in [0.1, 0.15) is 35.6 Å². The van der Waals surface area contributed by atoms with Crippen molar-refractivity contribution < 1.29 is 19.4 Å². The molecule has 1 atom stereocenters. The van der Waals surface area contributed by atoms with E-state index in [0.29, 0.717) is 19.4 Å². The predicted molar refractivity (Wildman–Crippen MR) is 102 cm³/mol. The van der Waals surface area contributed by atoms with Crippen molar-refractivity contribution in [3.8, 4) is 11.5 Å². The van der Waals surface area contributed by atoms with Crippen LogP contribution in [0.3, 0.4) is 0 Å². The average Bonchev–Trinajstić information content (AvgIpc) is 3.11. The number of rotatable bonds is 6. The van der Waals surface area contributed by atoms with Gasteiger partial charge in [-0.1, -0.05) is 24.3 Å². The number of hydrogen-bond acceptors (Lipinski definition) is 4. The molecule has 0 unspecified atom stereocenters. The molecule has 1 saturated carbocycles. The van der Waals surface area contributed by atoms with Crippen molar-refractivity contribution in [3.05, 3.63) is 59.2 Å². The van der Waals surface area contributed by atoms with E-state index in [4.69, 9.17) is 9.47 Å². The van der Waals surface area contributed by atoms with Crippen molar-refractivity contribution in [2.45, 2.75) is 38.3 Å². The van der Waals surface area contributed by atoms with Gasteiger partial charge in [0.15, 0.2) is 6.61 Å². The van der Waals surface area contributed by atoms with Gasteiger partial charge in [0.2, 0.25) is 0 Å². The summed E-state index contributed by atoms with van der Waals surface area (Å²) in [5, 5.41) is 12.8. The first-order chi connectivity index (χ1) is 13.1. The molecule has 0 saturated heterocycles. The van der Waals surface area contributed by atoms with Crippen LogP contribution in [0.15, 0.2) is 42.5 Å². The second kappa shape index (κ2) is 7.61. The molecule has 4 rings (SSSR count). The van der Waals surface area contributed by atoms with E-state index in [1.165, 1.54) is 5.56 Å². The number of amides is 1. The van der Waals surface area contributed by atoms with Crippen molar-refractivity contribution in [3.63, 3.8) is 0 Å².